The van der Waals surface area contributed by atoms with Crippen molar-refractivity contribution in [2.24, 2.45) is 0 Å². The number of benzene rings is 1. The molecule has 94 valence electrons. The lowest BCUT2D eigenvalue weighted by Crippen LogP contribution is -2.04. The fourth-order valence-corrected chi connectivity index (χ4v) is 2.03. The predicted octanol–water partition coefficient (Wildman–Crippen LogP) is 5.03. The van der Waals surface area contributed by atoms with E-state index in [1.807, 2.05) is 22.6 Å². The van der Waals surface area contributed by atoms with Gasteiger partial charge in [0.05, 0.1) is 9.13 Å². The molecule has 1 heterocycles. The average Bonchev–Trinajstić information content (AvgIpc) is 2.32. The van der Waals surface area contributed by atoms with Gasteiger partial charge < -0.3 is 0 Å². The first-order valence-electron chi connectivity index (χ1n) is 4.86. The van der Waals surface area contributed by atoms with E-state index >= 15 is 0 Å². The summed E-state index contributed by atoms with van der Waals surface area (Å²) in [4.78, 5) is 3.92. The molecule has 0 unspecified atom stereocenters. The number of aromatic nitrogens is 1. The highest BCUT2D eigenvalue weighted by Crippen LogP contribution is 2.32. The molecule has 0 amide bonds. The minimum Gasteiger partial charge on any atom is -0.243 e. The van der Waals surface area contributed by atoms with Crippen LogP contribution in [0.5, 0.6) is 0 Å². The number of hydrogen-bond acceptors (Lipinski definition) is 1. The Hall–Kier alpha value is -0.820. The summed E-state index contributed by atoms with van der Waals surface area (Å²) in [7, 11) is 0. The van der Waals surface area contributed by atoms with Gasteiger partial charge in [0, 0.05) is 11.8 Å². The standard InChI is InChI=1S/C12H6ClF3IN/c13-11-10(17)5-8(6-18-11)7-2-1-3-9(4-7)12(14,15)16/h1-6H. The highest BCUT2D eigenvalue weighted by atomic mass is 127. The Morgan fingerprint density at radius 3 is 2.44 bits per heavy atom. The summed E-state index contributed by atoms with van der Waals surface area (Å²) in [5.41, 5.74) is 0.395. The minimum atomic E-state index is -4.34. The molecule has 0 aliphatic heterocycles. The van der Waals surface area contributed by atoms with Gasteiger partial charge in [-0.05, 0) is 46.4 Å². The van der Waals surface area contributed by atoms with Gasteiger partial charge in [0.25, 0.3) is 0 Å². The summed E-state index contributed by atoms with van der Waals surface area (Å²) in [5.74, 6) is 0. The Morgan fingerprint density at radius 2 is 1.83 bits per heavy atom. The van der Waals surface area contributed by atoms with Crippen molar-refractivity contribution in [1.82, 2.24) is 4.98 Å². The van der Waals surface area contributed by atoms with Crippen LogP contribution in [0, 0.1) is 3.57 Å². The molecule has 2 aromatic rings. The normalized spacial score (nSPS) is 11.6. The average molecular weight is 384 g/mol. The summed E-state index contributed by atoms with van der Waals surface area (Å²) in [6, 6.07) is 6.82. The fourth-order valence-electron chi connectivity index (χ4n) is 1.45. The quantitative estimate of drug-likeness (QED) is 0.497. The molecule has 0 saturated carbocycles. The summed E-state index contributed by atoms with van der Waals surface area (Å²) in [5, 5.41) is 0.339. The highest BCUT2D eigenvalue weighted by molar-refractivity contribution is 14.1. The highest BCUT2D eigenvalue weighted by Gasteiger charge is 2.30. The fraction of sp³-hybridized carbons (Fsp3) is 0.0833. The largest absolute Gasteiger partial charge is 0.416 e. The Labute approximate surface area is 120 Å². The molecule has 1 nitrogen and oxygen atoms in total. The Bertz CT molecular complexity index is 584. The SMILES string of the molecule is FC(F)(F)c1cccc(-c2cnc(Cl)c(I)c2)c1. The van der Waals surface area contributed by atoms with Crippen LogP contribution in [0.4, 0.5) is 13.2 Å². The van der Waals surface area contributed by atoms with Crippen molar-refractivity contribution in [1.29, 1.82) is 0 Å². The second-order valence-electron chi connectivity index (χ2n) is 3.58. The molecule has 0 aliphatic rings. The van der Waals surface area contributed by atoms with Crippen LogP contribution in [0.15, 0.2) is 36.5 Å². The van der Waals surface area contributed by atoms with E-state index in [2.05, 4.69) is 4.98 Å². The van der Waals surface area contributed by atoms with Crippen molar-refractivity contribution in [3.05, 3.63) is 50.8 Å². The monoisotopic (exact) mass is 383 g/mol. The van der Waals surface area contributed by atoms with Gasteiger partial charge in [0.1, 0.15) is 5.15 Å². The lowest BCUT2D eigenvalue weighted by atomic mass is 10.0. The molecule has 0 atom stereocenters. The molecule has 0 radical (unpaired) electrons. The van der Waals surface area contributed by atoms with Crippen LogP contribution >= 0.6 is 34.2 Å². The second-order valence-corrected chi connectivity index (χ2v) is 5.10. The second kappa shape index (κ2) is 5.05. The molecule has 0 aliphatic carbocycles. The Kier molecular flexibility index (Phi) is 3.82. The van der Waals surface area contributed by atoms with Gasteiger partial charge in [-0.3, -0.25) is 0 Å². The van der Waals surface area contributed by atoms with E-state index in [1.54, 1.807) is 12.1 Å². The number of hydrogen-bond donors (Lipinski definition) is 0. The Morgan fingerprint density at radius 1 is 1.11 bits per heavy atom. The third-order valence-electron chi connectivity index (χ3n) is 2.32. The third kappa shape index (κ3) is 2.95. The van der Waals surface area contributed by atoms with Crippen LogP contribution in [0.1, 0.15) is 5.56 Å². The van der Waals surface area contributed by atoms with Gasteiger partial charge in [-0.25, -0.2) is 4.98 Å². The maximum Gasteiger partial charge on any atom is 0.416 e. The molecule has 2 rings (SSSR count). The molecular formula is C12H6ClF3IN. The number of rotatable bonds is 1. The first-order chi connectivity index (χ1) is 8.38. The van der Waals surface area contributed by atoms with Crippen molar-refractivity contribution in [3.63, 3.8) is 0 Å². The zero-order chi connectivity index (χ0) is 13.3. The maximum atomic E-state index is 12.6. The molecule has 6 heteroatoms. The first kappa shape index (κ1) is 13.6. The van der Waals surface area contributed by atoms with Gasteiger partial charge in [-0.2, -0.15) is 13.2 Å². The van der Waals surface area contributed by atoms with E-state index in [-0.39, 0.29) is 0 Å². The zero-order valence-corrected chi connectivity index (χ0v) is 11.7. The van der Waals surface area contributed by atoms with E-state index in [0.29, 0.717) is 19.9 Å². The molecule has 0 bridgehead atoms. The number of nitrogens with zero attached hydrogens (tertiary/aromatic N) is 1. The van der Waals surface area contributed by atoms with Crippen LogP contribution < -0.4 is 0 Å². The van der Waals surface area contributed by atoms with Gasteiger partial charge in [0.2, 0.25) is 0 Å². The van der Waals surface area contributed by atoms with Gasteiger partial charge >= 0.3 is 6.18 Å². The van der Waals surface area contributed by atoms with Gasteiger partial charge in [-0.15, -0.1) is 0 Å². The molecule has 0 saturated heterocycles. The summed E-state index contributed by atoms with van der Waals surface area (Å²) in [6.45, 7) is 0. The third-order valence-corrected chi connectivity index (χ3v) is 3.76. The van der Waals surface area contributed by atoms with Crippen molar-refractivity contribution < 1.29 is 13.2 Å². The molecule has 1 aromatic carbocycles. The van der Waals surface area contributed by atoms with Crippen LogP contribution in [-0.2, 0) is 6.18 Å². The minimum absolute atomic E-state index is 0.339. The van der Waals surface area contributed by atoms with E-state index in [1.165, 1.54) is 12.3 Å². The predicted molar refractivity (Wildman–Crippen MR) is 72.4 cm³/mol. The Balaban J connectivity index is 2.48. The lowest BCUT2D eigenvalue weighted by Gasteiger charge is -2.09. The summed E-state index contributed by atoms with van der Waals surface area (Å²) in [6.07, 6.45) is -2.89. The molecule has 0 spiro atoms. The van der Waals surface area contributed by atoms with Crippen molar-refractivity contribution >= 4 is 34.2 Å². The smallest absolute Gasteiger partial charge is 0.243 e. The zero-order valence-electron chi connectivity index (χ0n) is 8.80. The molecule has 18 heavy (non-hydrogen) atoms. The van der Waals surface area contributed by atoms with Crippen molar-refractivity contribution in [3.8, 4) is 11.1 Å². The lowest BCUT2D eigenvalue weighted by molar-refractivity contribution is -0.137. The maximum absolute atomic E-state index is 12.6. The van der Waals surface area contributed by atoms with E-state index in [4.69, 9.17) is 11.6 Å². The van der Waals surface area contributed by atoms with Crippen molar-refractivity contribution in [2.45, 2.75) is 6.18 Å². The van der Waals surface area contributed by atoms with E-state index in [0.717, 1.165) is 12.1 Å². The van der Waals surface area contributed by atoms with Crippen LogP contribution in [0.25, 0.3) is 11.1 Å². The number of halogens is 5. The molecule has 0 fully saturated rings. The molecular weight excluding hydrogens is 377 g/mol. The molecule has 0 N–H and O–H groups in total. The van der Waals surface area contributed by atoms with Crippen LogP contribution in [0.2, 0.25) is 5.15 Å². The first-order valence-corrected chi connectivity index (χ1v) is 6.32. The summed E-state index contributed by atoms with van der Waals surface area (Å²) < 4.78 is 38.5. The van der Waals surface area contributed by atoms with Gasteiger partial charge in [-0.1, -0.05) is 23.7 Å². The number of alkyl halides is 3. The summed E-state index contributed by atoms with van der Waals surface area (Å²) >= 11 is 7.76. The topological polar surface area (TPSA) is 12.9 Å². The van der Waals surface area contributed by atoms with Crippen molar-refractivity contribution in [2.75, 3.05) is 0 Å². The number of pyridine rings is 1. The van der Waals surface area contributed by atoms with Crippen LogP contribution in [-0.4, -0.2) is 4.98 Å². The molecule has 1 aromatic heterocycles. The van der Waals surface area contributed by atoms with Crippen LogP contribution in [0.3, 0.4) is 0 Å². The van der Waals surface area contributed by atoms with E-state index < -0.39 is 11.7 Å². The van der Waals surface area contributed by atoms with E-state index in [9.17, 15) is 13.2 Å². The van der Waals surface area contributed by atoms with Gasteiger partial charge in [0.15, 0.2) is 0 Å².